The van der Waals surface area contributed by atoms with Gasteiger partial charge in [-0.3, -0.25) is 4.79 Å². The molecule has 0 aromatic rings. The first kappa shape index (κ1) is 23.1. The monoisotopic (exact) mass is 334 g/mol. The van der Waals surface area contributed by atoms with E-state index >= 15 is 0 Å². The number of Topliss-reactive ketones (excluding diaryl/α,β-unsaturated/α-hetero) is 1. The molecule has 0 heterocycles. The Morgan fingerprint density at radius 2 is 0.958 bits per heavy atom. The Labute approximate surface area is 152 Å². The second-order valence-corrected chi connectivity index (χ2v) is 6.96. The number of carbonyl (C=O) groups excluding carboxylic acids is 1. The molecule has 0 bridgehead atoms. The number of hydrogen-bond acceptors (Lipinski definition) is 1. The highest BCUT2D eigenvalue weighted by Crippen LogP contribution is 2.09. The van der Waals surface area contributed by atoms with Gasteiger partial charge in [0.1, 0.15) is 5.78 Å². The third kappa shape index (κ3) is 19.2. The Balaban J connectivity index is 3.29. The molecule has 0 spiro atoms. The van der Waals surface area contributed by atoms with E-state index in [1.165, 1.54) is 70.6 Å². The van der Waals surface area contributed by atoms with Crippen LogP contribution < -0.4 is 0 Å². The van der Waals surface area contributed by atoms with Crippen LogP contribution in [0.1, 0.15) is 117 Å². The van der Waals surface area contributed by atoms with Gasteiger partial charge >= 0.3 is 0 Å². The van der Waals surface area contributed by atoms with Crippen molar-refractivity contribution in [2.75, 3.05) is 0 Å². The average molecular weight is 335 g/mol. The van der Waals surface area contributed by atoms with Gasteiger partial charge in [-0.15, -0.1) is 0 Å². The Kier molecular flexibility index (Phi) is 19.5. The van der Waals surface area contributed by atoms with E-state index in [1.54, 1.807) is 0 Å². The summed E-state index contributed by atoms with van der Waals surface area (Å²) < 4.78 is 0. The molecule has 0 amide bonds. The fraction of sp³-hybridized carbons (Fsp3) is 0.783. The van der Waals surface area contributed by atoms with Gasteiger partial charge in [0.05, 0.1) is 0 Å². The summed E-state index contributed by atoms with van der Waals surface area (Å²) in [5.41, 5.74) is 0. The van der Waals surface area contributed by atoms with E-state index in [9.17, 15) is 4.79 Å². The summed E-state index contributed by atoms with van der Waals surface area (Å²) >= 11 is 0. The summed E-state index contributed by atoms with van der Waals surface area (Å²) in [7, 11) is 0. The minimum absolute atomic E-state index is 0.462. The lowest BCUT2D eigenvalue weighted by molar-refractivity contribution is -0.119. The first-order valence-electron chi connectivity index (χ1n) is 10.6. The van der Waals surface area contributed by atoms with Gasteiger partial charge in [0, 0.05) is 12.8 Å². The lowest BCUT2D eigenvalue weighted by atomic mass is 10.1. The highest BCUT2D eigenvalue weighted by Gasteiger charge is 2.00. The summed E-state index contributed by atoms with van der Waals surface area (Å²) in [5, 5.41) is 0. The zero-order valence-electron chi connectivity index (χ0n) is 16.5. The first-order valence-corrected chi connectivity index (χ1v) is 10.6. The van der Waals surface area contributed by atoms with Crippen molar-refractivity contribution < 1.29 is 4.79 Å². The van der Waals surface area contributed by atoms with Gasteiger partial charge in [0.25, 0.3) is 0 Å². The summed E-state index contributed by atoms with van der Waals surface area (Å²) in [6, 6.07) is 0. The van der Waals surface area contributed by atoms with Crippen LogP contribution in [0.4, 0.5) is 0 Å². The Morgan fingerprint density at radius 3 is 1.46 bits per heavy atom. The van der Waals surface area contributed by atoms with Gasteiger partial charge in [-0.1, -0.05) is 70.3 Å². The van der Waals surface area contributed by atoms with Gasteiger partial charge < -0.3 is 0 Å². The number of carbonyl (C=O) groups is 1. The van der Waals surface area contributed by atoms with Gasteiger partial charge in [-0.05, 0) is 57.8 Å². The van der Waals surface area contributed by atoms with E-state index in [4.69, 9.17) is 0 Å². The SMILES string of the molecule is CCCCCC=CCCCCCC(=O)CCCC=CCCCCC. The molecule has 1 nitrogen and oxygen atoms in total. The zero-order chi connectivity index (χ0) is 17.7. The van der Waals surface area contributed by atoms with E-state index in [1.807, 2.05) is 0 Å². The molecule has 0 rings (SSSR count). The van der Waals surface area contributed by atoms with Crippen LogP contribution in [0.5, 0.6) is 0 Å². The highest BCUT2D eigenvalue weighted by molar-refractivity contribution is 5.78. The van der Waals surface area contributed by atoms with Crippen molar-refractivity contribution in [3.8, 4) is 0 Å². The van der Waals surface area contributed by atoms with E-state index in [2.05, 4.69) is 38.2 Å². The van der Waals surface area contributed by atoms with Crippen LogP contribution in [-0.4, -0.2) is 5.78 Å². The number of ketones is 1. The second-order valence-electron chi connectivity index (χ2n) is 6.96. The van der Waals surface area contributed by atoms with E-state index in [-0.39, 0.29) is 0 Å². The minimum atomic E-state index is 0.462. The molecular formula is C23H42O. The number of hydrogen-bond donors (Lipinski definition) is 0. The maximum Gasteiger partial charge on any atom is 0.132 e. The van der Waals surface area contributed by atoms with E-state index < -0.39 is 0 Å². The van der Waals surface area contributed by atoms with Crippen molar-refractivity contribution in [3.63, 3.8) is 0 Å². The maximum atomic E-state index is 11.8. The van der Waals surface area contributed by atoms with Crippen LogP contribution in [-0.2, 0) is 4.79 Å². The molecular weight excluding hydrogens is 292 g/mol. The predicted octanol–water partition coefficient (Wildman–Crippen LogP) is 7.95. The smallest absolute Gasteiger partial charge is 0.132 e. The number of allylic oxidation sites excluding steroid dienone is 4. The third-order valence-electron chi connectivity index (χ3n) is 4.43. The molecule has 0 aliphatic rings. The zero-order valence-corrected chi connectivity index (χ0v) is 16.5. The molecule has 0 aliphatic heterocycles. The van der Waals surface area contributed by atoms with Crippen molar-refractivity contribution in [1.29, 1.82) is 0 Å². The van der Waals surface area contributed by atoms with Crippen LogP contribution in [0.3, 0.4) is 0 Å². The Morgan fingerprint density at radius 1 is 0.542 bits per heavy atom. The maximum absolute atomic E-state index is 11.8. The minimum Gasteiger partial charge on any atom is -0.300 e. The molecule has 0 fully saturated rings. The Hall–Kier alpha value is -0.850. The number of rotatable bonds is 18. The molecule has 0 aromatic carbocycles. The second kappa shape index (κ2) is 20.2. The van der Waals surface area contributed by atoms with Crippen LogP contribution in [0, 0.1) is 0 Å². The van der Waals surface area contributed by atoms with E-state index in [0.717, 1.165) is 32.1 Å². The van der Waals surface area contributed by atoms with Crippen LogP contribution in [0.15, 0.2) is 24.3 Å². The summed E-state index contributed by atoms with van der Waals surface area (Å²) in [4.78, 5) is 11.8. The largest absolute Gasteiger partial charge is 0.300 e. The fourth-order valence-electron chi connectivity index (χ4n) is 2.80. The summed E-state index contributed by atoms with van der Waals surface area (Å²) in [6.45, 7) is 4.48. The molecule has 1 heteroatoms. The van der Waals surface area contributed by atoms with Gasteiger partial charge in [0.2, 0.25) is 0 Å². The summed E-state index contributed by atoms with van der Waals surface area (Å²) in [6.07, 6.45) is 27.9. The molecule has 0 radical (unpaired) electrons. The molecule has 140 valence electrons. The average Bonchev–Trinajstić information content (AvgIpc) is 2.59. The molecule has 24 heavy (non-hydrogen) atoms. The first-order chi connectivity index (χ1) is 11.8. The lowest BCUT2D eigenvalue weighted by Gasteiger charge is -2.00. The molecule has 0 unspecified atom stereocenters. The highest BCUT2D eigenvalue weighted by atomic mass is 16.1. The molecule has 0 aliphatic carbocycles. The predicted molar refractivity (Wildman–Crippen MR) is 109 cm³/mol. The molecule has 0 aromatic heterocycles. The van der Waals surface area contributed by atoms with Crippen molar-refractivity contribution >= 4 is 5.78 Å². The van der Waals surface area contributed by atoms with Gasteiger partial charge in [-0.2, -0.15) is 0 Å². The van der Waals surface area contributed by atoms with Crippen molar-refractivity contribution in [2.45, 2.75) is 117 Å². The van der Waals surface area contributed by atoms with Crippen LogP contribution in [0.2, 0.25) is 0 Å². The topological polar surface area (TPSA) is 17.1 Å². The number of unbranched alkanes of at least 4 members (excludes halogenated alkanes) is 10. The van der Waals surface area contributed by atoms with Crippen molar-refractivity contribution in [3.05, 3.63) is 24.3 Å². The molecule has 0 atom stereocenters. The fourth-order valence-corrected chi connectivity index (χ4v) is 2.80. The van der Waals surface area contributed by atoms with Crippen LogP contribution in [0.25, 0.3) is 0 Å². The summed E-state index contributed by atoms with van der Waals surface area (Å²) in [5.74, 6) is 0.462. The molecule has 0 N–H and O–H groups in total. The Bertz CT molecular complexity index is 314. The van der Waals surface area contributed by atoms with Crippen molar-refractivity contribution in [2.24, 2.45) is 0 Å². The lowest BCUT2D eigenvalue weighted by Crippen LogP contribution is -1.97. The quantitative estimate of drug-likeness (QED) is 0.183. The van der Waals surface area contributed by atoms with Gasteiger partial charge in [-0.25, -0.2) is 0 Å². The third-order valence-corrected chi connectivity index (χ3v) is 4.43. The van der Waals surface area contributed by atoms with Crippen molar-refractivity contribution in [1.82, 2.24) is 0 Å². The van der Waals surface area contributed by atoms with E-state index in [0.29, 0.717) is 5.78 Å². The normalized spacial score (nSPS) is 11.8. The standard InChI is InChI=1S/C23H42O/c1-3-5-7-9-11-13-14-16-18-20-22-23(24)21-19-17-15-12-10-8-6-4-2/h11-13,15H,3-10,14,16-22H2,1-2H3. The van der Waals surface area contributed by atoms with Crippen LogP contribution >= 0.6 is 0 Å². The molecule has 0 saturated heterocycles. The molecule has 0 saturated carbocycles. The van der Waals surface area contributed by atoms with Gasteiger partial charge in [0.15, 0.2) is 0 Å².